The van der Waals surface area contributed by atoms with Gasteiger partial charge in [-0.25, -0.2) is 4.98 Å². The number of halogens is 1. The summed E-state index contributed by atoms with van der Waals surface area (Å²) in [4.78, 5) is 31.1. The summed E-state index contributed by atoms with van der Waals surface area (Å²) in [6, 6.07) is 10.3. The summed E-state index contributed by atoms with van der Waals surface area (Å²) < 4.78 is 15.4. The molecule has 0 saturated heterocycles. The molecule has 9 nitrogen and oxygen atoms in total. The summed E-state index contributed by atoms with van der Waals surface area (Å²) in [6.07, 6.45) is 3.04. The Hall–Kier alpha value is -3.95. The van der Waals surface area contributed by atoms with E-state index in [0.717, 1.165) is 22.4 Å². The van der Waals surface area contributed by atoms with Crippen molar-refractivity contribution in [3.8, 4) is 11.1 Å². The van der Waals surface area contributed by atoms with E-state index in [4.69, 9.17) is 0 Å². The minimum Gasteiger partial charge on any atom is -0.530 e. The number of hydrogen-bond acceptors (Lipinski definition) is 6. The standard InChI is InChI=1S/C28H35FN6O3/c1-18-13-23(31-26-8-6-7-25(29)32-26)22-14-20(9-10-24(22)35(18)19(2)36)21-15-30-34(16-21)12-11-33(27(37)38)17-28(3,4)5/h6-10,14-16,18,23H,11-13,17H2,1-5H3,(H,31,32)(H,37,38)/p-1/t18-,23+/m0/s1. The maximum atomic E-state index is 13.7. The van der Waals surface area contributed by atoms with E-state index in [1.807, 2.05) is 52.1 Å². The van der Waals surface area contributed by atoms with Crippen molar-refractivity contribution in [2.75, 3.05) is 23.3 Å². The van der Waals surface area contributed by atoms with Crippen LogP contribution in [0.4, 0.5) is 20.7 Å². The first kappa shape index (κ1) is 27.1. The first-order valence-electron chi connectivity index (χ1n) is 12.7. The van der Waals surface area contributed by atoms with Crippen LogP contribution in [0.2, 0.25) is 0 Å². The van der Waals surface area contributed by atoms with E-state index in [0.29, 0.717) is 25.3 Å². The highest BCUT2D eigenvalue weighted by Crippen LogP contribution is 2.41. The second kappa shape index (κ2) is 10.8. The molecule has 1 aliphatic heterocycles. The lowest BCUT2D eigenvalue weighted by Crippen LogP contribution is -2.46. The number of anilines is 2. The van der Waals surface area contributed by atoms with Crippen molar-refractivity contribution in [1.29, 1.82) is 0 Å². The Labute approximate surface area is 222 Å². The lowest BCUT2D eigenvalue weighted by atomic mass is 9.89. The fourth-order valence-electron chi connectivity index (χ4n) is 4.99. The number of fused-ring (bicyclic) bond motifs is 1. The van der Waals surface area contributed by atoms with E-state index in [9.17, 15) is 19.1 Å². The van der Waals surface area contributed by atoms with Crippen LogP contribution in [-0.4, -0.2) is 50.8 Å². The third-order valence-corrected chi connectivity index (χ3v) is 6.55. The Morgan fingerprint density at radius 1 is 1.21 bits per heavy atom. The summed E-state index contributed by atoms with van der Waals surface area (Å²) in [7, 11) is 0. The lowest BCUT2D eigenvalue weighted by molar-refractivity contribution is -0.266. The van der Waals surface area contributed by atoms with E-state index in [1.165, 1.54) is 11.0 Å². The van der Waals surface area contributed by atoms with Crippen molar-refractivity contribution < 1.29 is 19.1 Å². The minimum absolute atomic E-state index is 0.0469. The molecule has 10 heteroatoms. The Bertz CT molecular complexity index is 1320. The van der Waals surface area contributed by atoms with Gasteiger partial charge in [0.2, 0.25) is 11.9 Å². The molecule has 202 valence electrons. The molecule has 1 aromatic carbocycles. The molecule has 1 aliphatic rings. The Morgan fingerprint density at radius 2 is 1.97 bits per heavy atom. The van der Waals surface area contributed by atoms with Gasteiger partial charge >= 0.3 is 0 Å². The van der Waals surface area contributed by atoms with Gasteiger partial charge in [-0.2, -0.15) is 9.49 Å². The molecule has 2 amide bonds. The van der Waals surface area contributed by atoms with Gasteiger partial charge in [-0.1, -0.05) is 32.9 Å². The molecule has 0 saturated carbocycles. The predicted octanol–water partition coefficient (Wildman–Crippen LogP) is 4.07. The van der Waals surface area contributed by atoms with Crippen LogP contribution in [0.15, 0.2) is 48.8 Å². The fraction of sp³-hybridized carbons (Fsp3) is 0.429. The van der Waals surface area contributed by atoms with Crippen LogP contribution in [0.3, 0.4) is 0 Å². The maximum Gasteiger partial charge on any atom is 0.224 e. The zero-order valence-electron chi connectivity index (χ0n) is 22.4. The van der Waals surface area contributed by atoms with Gasteiger partial charge in [-0.05, 0) is 54.2 Å². The molecule has 0 spiro atoms. The number of pyridine rings is 1. The van der Waals surface area contributed by atoms with Crippen LogP contribution in [0, 0.1) is 11.4 Å². The van der Waals surface area contributed by atoms with Gasteiger partial charge in [0, 0.05) is 43.5 Å². The van der Waals surface area contributed by atoms with Crippen molar-refractivity contribution in [3.63, 3.8) is 0 Å². The molecule has 0 radical (unpaired) electrons. The van der Waals surface area contributed by atoms with Crippen molar-refractivity contribution in [2.45, 2.75) is 59.7 Å². The fourth-order valence-corrected chi connectivity index (χ4v) is 4.99. The van der Waals surface area contributed by atoms with Gasteiger partial charge in [0.15, 0.2) is 0 Å². The molecule has 38 heavy (non-hydrogen) atoms. The zero-order chi connectivity index (χ0) is 27.6. The molecule has 0 bridgehead atoms. The second-order valence-electron chi connectivity index (χ2n) is 11.0. The Balaban J connectivity index is 1.60. The van der Waals surface area contributed by atoms with Crippen molar-refractivity contribution in [2.24, 2.45) is 5.41 Å². The largest absolute Gasteiger partial charge is 0.530 e. The summed E-state index contributed by atoms with van der Waals surface area (Å²) >= 11 is 0. The summed E-state index contributed by atoms with van der Waals surface area (Å²) in [5, 5.41) is 19.3. The summed E-state index contributed by atoms with van der Waals surface area (Å²) in [5.41, 5.74) is 3.28. The monoisotopic (exact) mass is 521 g/mol. The number of hydrogen-bond donors (Lipinski definition) is 1. The van der Waals surface area contributed by atoms with Gasteiger partial charge in [0.05, 0.1) is 18.8 Å². The van der Waals surface area contributed by atoms with Gasteiger partial charge in [-0.15, -0.1) is 0 Å². The molecular formula is C28H34FN6O3-. The average Bonchev–Trinajstić information content (AvgIpc) is 3.29. The molecule has 4 rings (SSSR count). The van der Waals surface area contributed by atoms with Gasteiger partial charge < -0.3 is 25.0 Å². The minimum atomic E-state index is -1.20. The van der Waals surface area contributed by atoms with Crippen LogP contribution in [-0.2, 0) is 11.3 Å². The third kappa shape index (κ3) is 6.30. The number of benzene rings is 1. The maximum absolute atomic E-state index is 13.7. The van der Waals surface area contributed by atoms with Crippen molar-refractivity contribution in [1.82, 2.24) is 19.7 Å². The van der Waals surface area contributed by atoms with E-state index in [2.05, 4.69) is 15.4 Å². The van der Waals surface area contributed by atoms with Crippen molar-refractivity contribution >= 4 is 23.5 Å². The van der Waals surface area contributed by atoms with Gasteiger partial charge in [-0.3, -0.25) is 9.48 Å². The molecule has 0 aliphatic carbocycles. The predicted molar refractivity (Wildman–Crippen MR) is 142 cm³/mol. The first-order valence-corrected chi connectivity index (χ1v) is 12.7. The lowest BCUT2D eigenvalue weighted by Gasteiger charge is -2.39. The molecular weight excluding hydrogens is 487 g/mol. The normalized spacial score (nSPS) is 17.2. The number of nitrogens with zero attached hydrogens (tertiary/aromatic N) is 5. The number of amides is 2. The number of carbonyl (C=O) groups is 2. The van der Waals surface area contributed by atoms with E-state index in [1.54, 1.807) is 34.8 Å². The smallest absolute Gasteiger partial charge is 0.224 e. The zero-order valence-corrected chi connectivity index (χ0v) is 22.4. The summed E-state index contributed by atoms with van der Waals surface area (Å²) in [5.74, 6) is -0.185. The SMILES string of the molecule is CC(=O)N1c2ccc(-c3cnn(CCN(CC(C)(C)C)C(=O)[O-])c3)cc2[C@H](Nc2cccc(F)n2)C[C@@H]1C. The average molecular weight is 522 g/mol. The van der Waals surface area contributed by atoms with Gasteiger partial charge in [0.25, 0.3) is 0 Å². The van der Waals surface area contributed by atoms with E-state index < -0.39 is 12.0 Å². The van der Waals surface area contributed by atoms with Crippen LogP contribution in [0.1, 0.15) is 52.6 Å². The molecule has 2 aromatic heterocycles. The quantitative estimate of drug-likeness (QED) is 0.470. The number of carbonyl (C=O) groups excluding carboxylic acids is 2. The van der Waals surface area contributed by atoms with Crippen molar-refractivity contribution in [3.05, 3.63) is 60.3 Å². The Kier molecular flexibility index (Phi) is 7.71. The molecule has 3 heterocycles. The van der Waals surface area contributed by atoms with Crippen LogP contribution in [0.25, 0.3) is 11.1 Å². The summed E-state index contributed by atoms with van der Waals surface area (Å²) in [6.45, 7) is 10.5. The number of carboxylic acid groups (broad SMARTS) is 1. The molecule has 0 fully saturated rings. The van der Waals surface area contributed by atoms with Crippen LogP contribution < -0.4 is 15.3 Å². The molecule has 2 atom stereocenters. The topological polar surface area (TPSA) is 106 Å². The Morgan fingerprint density at radius 3 is 2.63 bits per heavy atom. The third-order valence-electron chi connectivity index (χ3n) is 6.55. The first-order chi connectivity index (χ1) is 17.9. The molecule has 0 unspecified atom stereocenters. The highest BCUT2D eigenvalue weighted by molar-refractivity contribution is 5.94. The van der Waals surface area contributed by atoms with E-state index in [-0.39, 0.29) is 30.0 Å². The molecule has 1 N–H and O–H groups in total. The van der Waals surface area contributed by atoms with Crippen LogP contribution >= 0.6 is 0 Å². The number of rotatable bonds is 7. The molecule has 3 aromatic rings. The van der Waals surface area contributed by atoms with Crippen LogP contribution in [0.5, 0.6) is 0 Å². The number of aromatic nitrogens is 3. The second-order valence-corrected chi connectivity index (χ2v) is 11.0. The number of nitrogens with one attached hydrogen (secondary N) is 1. The van der Waals surface area contributed by atoms with Gasteiger partial charge in [0.1, 0.15) is 11.9 Å². The highest BCUT2D eigenvalue weighted by Gasteiger charge is 2.33. The highest BCUT2D eigenvalue weighted by atomic mass is 19.1. The van der Waals surface area contributed by atoms with E-state index >= 15 is 0 Å².